The fourth-order valence-electron chi connectivity index (χ4n) is 3.97. The number of halogens is 3. The third-order valence-corrected chi connectivity index (χ3v) is 5.68. The SMILES string of the molecule is Cn1nc(-c2ncc(NC(=O)c3cnn(-c4cccc5ncccc45)c3C(F)(F)F)cc2C#N)cc1C=O. The van der Waals surface area contributed by atoms with Gasteiger partial charge in [0.2, 0.25) is 0 Å². The number of aryl methyl sites for hydroxylation is 1. The molecule has 38 heavy (non-hydrogen) atoms. The van der Waals surface area contributed by atoms with E-state index >= 15 is 0 Å². The second-order valence-electron chi connectivity index (χ2n) is 8.05. The average Bonchev–Trinajstić information content (AvgIpc) is 3.52. The molecule has 0 unspecified atom stereocenters. The number of benzene rings is 1. The van der Waals surface area contributed by atoms with Gasteiger partial charge in [-0.1, -0.05) is 6.07 Å². The highest BCUT2D eigenvalue weighted by Gasteiger charge is 2.41. The molecule has 4 aromatic heterocycles. The van der Waals surface area contributed by atoms with Crippen LogP contribution in [0.4, 0.5) is 18.9 Å². The van der Waals surface area contributed by atoms with Crippen LogP contribution in [0, 0.1) is 11.3 Å². The van der Waals surface area contributed by atoms with Crippen molar-refractivity contribution >= 4 is 28.8 Å². The quantitative estimate of drug-likeness (QED) is 0.347. The molecular weight excluding hydrogens is 501 g/mol. The lowest BCUT2D eigenvalue weighted by Gasteiger charge is -2.14. The topological polar surface area (TPSA) is 131 Å². The second-order valence-corrected chi connectivity index (χ2v) is 8.05. The van der Waals surface area contributed by atoms with Crippen molar-refractivity contribution in [2.75, 3.05) is 5.32 Å². The van der Waals surface area contributed by atoms with Gasteiger partial charge in [0.1, 0.15) is 23.2 Å². The highest BCUT2D eigenvalue weighted by atomic mass is 19.4. The summed E-state index contributed by atoms with van der Waals surface area (Å²) in [6, 6.07) is 12.4. The number of nitrogens with one attached hydrogen (secondary N) is 1. The lowest BCUT2D eigenvalue weighted by Crippen LogP contribution is -2.21. The molecule has 0 spiro atoms. The van der Waals surface area contributed by atoms with Crippen molar-refractivity contribution in [3.05, 3.63) is 83.6 Å². The summed E-state index contributed by atoms with van der Waals surface area (Å²) in [5, 5.41) is 20.4. The number of nitriles is 1. The molecule has 5 rings (SSSR count). The van der Waals surface area contributed by atoms with E-state index in [4.69, 9.17) is 0 Å². The molecule has 10 nitrogen and oxygen atoms in total. The highest BCUT2D eigenvalue weighted by Crippen LogP contribution is 2.35. The number of amides is 1. The summed E-state index contributed by atoms with van der Waals surface area (Å²) in [7, 11) is 1.54. The minimum atomic E-state index is -4.93. The number of aromatic nitrogens is 6. The molecule has 188 valence electrons. The van der Waals surface area contributed by atoms with Gasteiger partial charge >= 0.3 is 6.18 Å². The van der Waals surface area contributed by atoms with E-state index in [1.807, 2.05) is 6.07 Å². The molecule has 0 aliphatic rings. The number of rotatable bonds is 5. The van der Waals surface area contributed by atoms with Crippen molar-refractivity contribution in [3.63, 3.8) is 0 Å². The van der Waals surface area contributed by atoms with Crippen LogP contribution in [0.2, 0.25) is 0 Å². The third-order valence-electron chi connectivity index (χ3n) is 5.68. The van der Waals surface area contributed by atoms with Gasteiger partial charge in [-0.05, 0) is 36.4 Å². The van der Waals surface area contributed by atoms with Crippen LogP contribution in [0.3, 0.4) is 0 Å². The summed E-state index contributed by atoms with van der Waals surface area (Å²) >= 11 is 0. The molecule has 1 N–H and O–H groups in total. The summed E-state index contributed by atoms with van der Waals surface area (Å²) in [6.07, 6.45) is -0.817. The van der Waals surface area contributed by atoms with E-state index in [0.29, 0.717) is 21.9 Å². The Bertz CT molecular complexity index is 1760. The number of alkyl halides is 3. The van der Waals surface area contributed by atoms with Crippen molar-refractivity contribution in [3.8, 4) is 23.1 Å². The van der Waals surface area contributed by atoms with Crippen molar-refractivity contribution in [1.29, 1.82) is 5.26 Å². The van der Waals surface area contributed by atoms with Gasteiger partial charge in [-0.3, -0.25) is 24.2 Å². The van der Waals surface area contributed by atoms with Crippen molar-refractivity contribution in [2.24, 2.45) is 7.05 Å². The minimum absolute atomic E-state index is 0.00616. The predicted molar refractivity (Wildman–Crippen MR) is 128 cm³/mol. The molecule has 4 heterocycles. The molecular formula is C25H15F3N8O2. The number of nitrogens with zero attached hydrogens (tertiary/aromatic N) is 7. The zero-order chi connectivity index (χ0) is 27.0. The Hall–Kier alpha value is -5.38. The maximum atomic E-state index is 14.2. The number of aldehydes is 1. The highest BCUT2D eigenvalue weighted by molar-refractivity contribution is 6.05. The van der Waals surface area contributed by atoms with E-state index in [9.17, 15) is 28.0 Å². The average molecular weight is 516 g/mol. The fraction of sp³-hybridized carbons (Fsp3) is 0.0800. The molecule has 0 aliphatic heterocycles. The van der Waals surface area contributed by atoms with E-state index in [2.05, 4.69) is 25.5 Å². The number of carbonyl (C=O) groups excluding carboxylic acids is 2. The number of anilines is 1. The first kappa shape index (κ1) is 24.3. The largest absolute Gasteiger partial charge is 0.434 e. The lowest BCUT2D eigenvalue weighted by atomic mass is 10.1. The smallest absolute Gasteiger partial charge is 0.320 e. The number of carbonyl (C=O) groups is 2. The summed E-state index contributed by atoms with van der Waals surface area (Å²) in [5.41, 5.74) is -0.815. The number of pyridine rings is 2. The minimum Gasteiger partial charge on any atom is -0.320 e. The van der Waals surface area contributed by atoms with E-state index < -0.39 is 23.3 Å². The van der Waals surface area contributed by atoms with Crippen molar-refractivity contribution < 1.29 is 22.8 Å². The Balaban J connectivity index is 1.52. The predicted octanol–water partition coefficient (Wildman–Crippen LogP) is 4.17. The first-order valence-corrected chi connectivity index (χ1v) is 10.9. The lowest BCUT2D eigenvalue weighted by molar-refractivity contribution is -0.143. The molecule has 0 radical (unpaired) electrons. The van der Waals surface area contributed by atoms with Gasteiger partial charge in [-0.2, -0.15) is 28.6 Å². The molecule has 1 aromatic carbocycles. The zero-order valence-electron chi connectivity index (χ0n) is 19.4. The van der Waals surface area contributed by atoms with E-state index in [0.717, 1.165) is 6.20 Å². The van der Waals surface area contributed by atoms with Gasteiger partial charge in [0.05, 0.1) is 40.4 Å². The van der Waals surface area contributed by atoms with Crippen LogP contribution in [-0.2, 0) is 13.2 Å². The van der Waals surface area contributed by atoms with Crippen LogP contribution in [0.25, 0.3) is 28.0 Å². The fourth-order valence-corrected chi connectivity index (χ4v) is 3.97. The van der Waals surface area contributed by atoms with Crippen LogP contribution >= 0.6 is 0 Å². The maximum absolute atomic E-state index is 14.2. The first-order chi connectivity index (χ1) is 18.2. The van der Waals surface area contributed by atoms with E-state index in [1.54, 1.807) is 31.3 Å². The van der Waals surface area contributed by atoms with Crippen LogP contribution in [-0.4, -0.2) is 41.7 Å². The van der Waals surface area contributed by atoms with Gasteiger partial charge in [0.25, 0.3) is 5.91 Å². The standard InChI is InChI=1S/C25H15F3N8O2/c1-35-16(13-37)9-20(34-35)22-14(10-29)8-15(11-31-22)33-24(38)18-12-32-36(23(18)25(26,27)28)21-6-2-5-19-17(21)4-3-7-30-19/h2-9,11-13H,1H3,(H,33,38). The second kappa shape index (κ2) is 9.25. The molecule has 13 heteroatoms. The van der Waals surface area contributed by atoms with Crippen LogP contribution in [0.1, 0.15) is 32.1 Å². The van der Waals surface area contributed by atoms with Crippen molar-refractivity contribution in [2.45, 2.75) is 6.18 Å². The van der Waals surface area contributed by atoms with Crippen molar-refractivity contribution in [1.82, 2.24) is 29.5 Å². The first-order valence-electron chi connectivity index (χ1n) is 10.9. The Morgan fingerprint density at radius 3 is 2.66 bits per heavy atom. The molecule has 1 amide bonds. The maximum Gasteiger partial charge on any atom is 0.434 e. The van der Waals surface area contributed by atoms with E-state index in [1.165, 1.54) is 35.3 Å². The zero-order valence-corrected chi connectivity index (χ0v) is 19.4. The molecule has 0 saturated carbocycles. The molecule has 0 saturated heterocycles. The van der Waals surface area contributed by atoms with Gasteiger partial charge < -0.3 is 5.32 Å². The Kier molecular flexibility index (Phi) is 5.92. The number of hydrogen-bond donors (Lipinski definition) is 1. The van der Waals surface area contributed by atoms with Gasteiger partial charge in [0, 0.05) is 18.6 Å². The molecule has 0 fully saturated rings. The van der Waals surface area contributed by atoms with E-state index in [-0.39, 0.29) is 34.0 Å². The molecule has 0 aliphatic carbocycles. The summed E-state index contributed by atoms with van der Waals surface area (Å²) in [5.74, 6) is -1.10. The Labute approximate surface area is 212 Å². The number of hydrogen-bond acceptors (Lipinski definition) is 7. The van der Waals surface area contributed by atoms with Crippen LogP contribution in [0.5, 0.6) is 0 Å². The summed E-state index contributed by atoms with van der Waals surface area (Å²) < 4.78 is 44.6. The summed E-state index contributed by atoms with van der Waals surface area (Å²) in [4.78, 5) is 32.4. The molecule has 5 aromatic rings. The Morgan fingerprint density at radius 2 is 1.95 bits per heavy atom. The van der Waals surface area contributed by atoms with Gasteiger partial charge in [-0.25, -0.2) is 4.68 Å². The molecule has 0 bridgehead atoms. The molecule has 0 atom stereocenters. The number of fused-ring (bicyclic) bond motifs is 1. The normalized spacial score (nSPS) is 11.3. The summed E-state index contributed by atoms with van der Waals surface area (Å²) in [6.45, 7) is 0. The van der Waals surface area contributed by atoms with Gasteiger partial charge in [0.15, 0.2) is 12.0 Å². The van der Waals surface area contributed by atoms with Crippen LogP contribution in [0.15, 0.2) is 61.1 Å². The Morgan fingerprint density at radius 1 is 1.13 bits per heavy atom. The third kappa shape index (κ3) is 4.24. The van der Waals surface area contributed by atoms with Crippen LogP contribution < -0.4 is 5.32 Å². The van der Waals surface area contributed by atoms with Gasteiger partial charge in [-0.15, -0.1) is 0 Å². The monoisotopic (exact) mass is 516 g/mol.